The molecule has 0 atom stereocenters. The number of anilines is 6. The molecular formula is C92H88N4O2. The van der Waals surface area contributed by atoms with E-state index in [0.717, 1.165) is 99.8 Å². The van der Waals surface area contributed by atoms with E-state index < -0.39 is 0 Å². The van der Waals surface area contributed by atoms with Gasteiger partial charge in [0.1, 0.15) is 22.3 Å². The highest BCUT2D eigenvalue weighted by molar-refractivity contribution is 6.28. The van der Waals surface area contributed by atoms with Gasteiger partial charge in [0.05, 0.1) is 22.1 Å². The first-order valence-electron chi connectivity index (χ1n) is 35.2. The standard InChI is InChI=1S/C92H88N4O2/c1-55(2)57-25-29-63(30-26-57)93(65-33-37-73-71-21-17-19-23-79(71)95(81(73)51-65)69-47-59(89(5,6)7)45-60(48-69)90(8,9)10)67-35-39-77-85(53-67)97-83-43-41-76-75(87(77)83)42-44-84-88(76)78-40-36-68(54-86(78)98-84)94(64-31-27-58(28-32-64)56(3)4)66-34-38-74-72-22-18-20-24-80(72)96(82(74)52-66)70-49-61(91(11,12)13)46-62(50-70)92(14,15)16/h17-56H,1-16H3. The van der Waals surface area contributed by atoms with E-state index in [9.17, 15) is 0 Å². The van der Waals surface area contributed by atoms with Crippen LogP contribution in [0, 0.1) is 0 Å². The molecule has 0 saturated heterocycles. The van der Waals surface area contributed by atoms with E-state index >= 15 is 0 Å². The molecule has 16 aromatic rings. The maximum Gasteiger partial charge on any atom is 0.137 e. The van der Waals surface area contributed by atoms with Crippen LogP contribution in [0.5, 0.6) is 0 Å². The van der Waals surface area contributed by atoms with Gasteiger partial charge in [0, 0.05) is 101 Å². The van der Waals surface area contributed by atoms with E-state index in [1.54, 1.807) is 0 Å². The van der Waals surface area contributed by atoms with Crippen LogP contribution >= 0.6 is 0 Å². The summed E-state index contributed by atoms with van der Waals surface area (Å²) < 4.78 is 19.0. The summed E-state index contributed by atoms with van der Waals surface area (Å²) in [6.45, 7) is 36.9. The molecule has 0 spiro atoms. The Morgan fingerprint density at radius 1 is 0.265 bits per heavy atom. The molecule has 0 bridgehead atoms. The number of fused-ring (bicyclic) bond motifs is 15. The van der Waals surface area contributed by atoms with Gasteiger partial charge in [0.25, 0.3) is 0 Å². The lowest BCUT2D eigenvalue weighted by molar-refractivity contribution is 0.567. The van der Waals surface area contributed by atoms with Crippen molar-refractivity contribution in [3.05, 3.63) is 264 Å². The van der Waals surface area contributed by atoms with Crippen molar-refractivity contribution in [1.29, 1.82) is 0 Å². The zero-order chi connectivity index (χ0) is 68.2. The smallest absolute Gasteiger partial charge is 0.137 e. The van der Waals surface area contributed by atoms with E-state index in [1.807, 2.05) is 0 Å². The van der Waals surface area contributed by atoms with E-state index in [4.69, 9.17) is 8.83 Å². The fraction of sp³-hybridized carbons (Fsp3) is 0.239. The minimum Gasteiger partial charge on any atom is -0.456 e. The normalized spacial score (nSPS) is 12.9. The lowest BCUT2D eigenvalue weighted by Crippen LogP contribution is -2.17. The second-order valence-corrected chi connectivity index (χ2v) is 32.3. The zero-order valence-corrected chi connectivity index (χ0v) is 59.7. The first-order chi connectivity index (χ1) is 46.7. The average molecular weight is 1280 g/mol. The van der Waals surface area contributed by atoms with Crippen LogP contribution in [0.2, 0.25) is 0 Å². The summed E-state index contributed by atoms with van der Waals surface area (Å²) in [5.41, 5.74) is 24.4. The molecule has 0 N–H and O–H groups in total. The Morgan fingerprint density at radius 3 is 0.898 bits per heavy atom. The molecule has 6 nitrogen and oxygen atoms in total. The predicted molar refractivity (Wildman–Crippen MR) is 420 cm³/mol. The molecule has 4 aromatic heterocycles. The van der Waals surface area contributed by atoms with E-state index in [1.165, 1.54) is 77.3 Å². The largest absolute Gasteiger partial charge is 0.456 e. The Labute approximate surface area is 576 Å². The van der Waals surface area contributed by atoms with E-state index in [2.05, 4.69) is 360 Å². The quantitative estimate of drug-likeness (QED) is 0.137. The van der Waals surface area contributed by atoms with Crippen LogP contribution in [0.15, 0.2) is 239 Å². The monoisotopic (exact) mass is 1280 g/mol. The Balaban J connectivity index is 0.827. The molecule has 0 aliphatic heterocycles. The van der Waals surface area contributed by atoms with Crippen molar-refractivity contribution < 1.29 is 8.83 Å². The third kappa shape index (κ3) is 10.5. The molecule has 0 aliphatic rings. The first-order valence-corrected chi connectivity index (χ1v) is 35.2. The van der Waals surface area contributed by atoms with Gasteiger partial charge in [-0.25, -0.2) is 0 Å². The van der Waals surface area contributed by atoms with Crippen molar-refractivity contribution in [1.82, 2.24) is 9.13 Å². The molecule has 4 heterocycles. The number of aromatic nitrogens is 2. The van der Waals surface area contributed by atoms with Crippen LogP contribution in [0.4, 0.5) is 34.1 Å². The van der Waals surface area contributed by atoms with Gasteiger partial charge < -0.3 is 27.8 Å². The number of furan rings is 2. The molecule has 0 amide bonds. The van der Waals surface area contributed by atoms with Crippen molar-refractivity contribution in [2.75, 3.05) is 9.80 Å². The summed E-state index contributed by atoms with van der Waals surface area (Å²) in [6, 6.07) is 86.7. The Kier molecular flexibility index (Phi) is 14.4. The number of benzene rings is 12. The average Bonchev–Trinajstić information content (AvgIpc) is 1.57. The summed E-state index contributed by atoms with van der Waals surface area (Å²) in [7, 11) is 0. The van der Waals surface area contributed by atoms with Gasteiger partial charge in [-0.1, -0.05) is 196 Å². The summed E-state index contributed by atoms with van der Waals surface area (Å²) >= 11 is 0. The molecule has 98 heavy (non-hydrogen) atoms. The molecule has 6 heteroatoms. The predicted octanol–water partition coefficient (Wildman–Crippen LogP) is 27.2. The van der Waals surface area contributed by atoms with Gasteiger partial charge >= 0.3 is 0 Å². The van der Waals surface area contributed by atoms with Crippen LogP contribution in [0.25, 0.3) is 110 Å². The molecule has 0 unspecified atom stereocenters. The van der Waals surface area contributed by atoms with Crippen molar-refractivity contribution in [2.45, 2.75) is 144 Å². The highest BCUT2D eigenvalue weighted by Gasteiger charge is 2.28. The fourth-order valence-corrected chi connectivity index (χ4v) is 15.1. The van der Waals surface area contributed by atoms with Gasteiger partial charge in [-0.15, -0.1) is 0 Å². The number of rotatable bonds is 10. The molecule has 0 radical (unpaired) electrons. The molecule has 16 rings (SSSR count). The van der Waals surface area contributed by atoms with Crippen molar-refractivity contribution >= 4 is 132 Å². The van der Waals surface area contributed by atoms with Gasteiger partial charge in [0.15, 0.2) is 0 Å². The van der Waals surface area contributed by atoms with E-state index in [-0.39, 0.29) is 21.7 Å². The second kappa shape index (κ2) is 22.6. The Bertz CT molecular complexity index is 5430. The maximum atomic E-state index is 7.02. The van der Waals surface area contributed by atoms with Crippen molar-refractivity contribution in [3.8, 4) is 11.4 Å². The maximum absolute atomic E-state index is 7.02. The first kappa shape index (κ1) is 62.5. The number of para-hydroxylation sites is 2. The van der Waals surface area contributed by atoms with Crippen LogP contribution in [-0.4, -0.2) is 9.13 Å². The topological polar surface area (TPSA) is 42.6 Å². The lowest BCUT2D eigenvalue weighted by Gasteiger charge is -2.27. The molecule has 0 fully saturated rings. The van der Waals surface area contributed by atoms with Crippen molar-refractivity contribution in [2.24, 2.45) is 0 Å². The highest BCUT2D eigenvalue weighted by atomic mass is 16.3. The van der Waals surface area contributed by atoms with Crippen LogP contribution in [0.3, 0.4) is 0 Å². The Morgan fingerprint density at radius 2 is 0.561 bits per heavy atom. The molecule has 488 valence electrons. The van der Waals surface area contributed by atoms with Crippen LogP contribution in [-0.2, 0) is 21.7 Å². The second-order valence-electron chi connectivity index (χ2n) is 32.3. The van der Waals surface area contributed by atoms with Gasteiger partial charge in [-0.05, 0) is 211 Å². The minimum atomic E-state index is -0.0436. The Hall–Kier alpha value is -10.3. The summed E-state index contributed by atoms with van der Waals surface area (Å²) in [5, 5.41) is 11.4. The minimum absolute atomic E-state index is 0.0436. The van der Waals surface area contributed by atoms with Gasteiger partial charge in [0.2, 0.25) is 0 Å². The summed E-state index contributed by atoms with van der Waals surface area (Å²) in [4.78, 5) is 4.79. The van der Waals surface area contributed by atoms with Crippen LogP contribution < -0.4 is 9.80 Å². The SMILES string of the molecule is CC(C)c1ccc(N(c2ccc3c(c2)oc2ccc4c(ccc5oc6cc(N(c7ccc(C(C)C)cc7)c7ccc8c9ccccc9n(-c9cc(C(C)(C)C)cc(C(C)(C)C)c9)c8c7)ccc6c54)c23)c2ccc3c4ccccc4n(-c4cc(C(C)(C)C)cc(C(C)(C)C)c4)c3c2)cc1. The highest BCUT2D eigenvalue weighted by Crippen LogP contribution is 2.48. The van der Waals surface area contributed by atoms with Gasteiger partial charge in [-0.2, -0.15) is 0 Å². The van der Waals surface area contributed by atoms with Gasteiger partial charge in [-0.3, -0.25) is 0 Å². The lowest BCUT2D eigenvalue weighted by atomic mass is 9.80. The molecule has 0 saturated carbocycles. The van der Waals surface area contributed by atoms with Crippen molar-refractivity contribution in [3.63, 3.8) is 0 Å². The third-order valence-corrected chi connectivity index (χ3v) is 20.8. The fourth-order valence-electron chi connectivity index (χ4n) is 15.1. The molecule has 12 aromatic carbocycles. The molecular weight excluding hydrogens is 1190 g/mol. The number of hydrogen-bond acceptors (Lipinski definition) is 4. The van der Waals surface area contributed by atoms with Crippen LogP contribution in [0.1, 0.15) is 156 Å². The summed E-state index contributed by atoms with van der Waals surface area (Å²) in [6.07, 6.45) is 0. The molecule has 0 aliphatic carbocycles. The van der Waals surface area contributed by atoms with E-state index in [0.29, 0.717) is 11.8 Å². The number of nitrogens with zero attached hydrogens (tertiary/aromatic N) is 4. The zero-order valence-electron chi connectivity index (χ0n) is 59.7. The third-order valence-electron chi connectivity index (χ3n) is 20.8. The number of hydrogen-bond donors (Lipinski definition) is 0. The summed E-state index contributed by atoms with van der Waals surface area (Å²) in [5.74, 6) is 0.794.